The van der Waals surface area contributed by atoms with E-state index in [0.717, 1.165) is 6.29 Å². The maximum atomic E-state index is 12.3. The van der Waals surface area contributed by atoms with Crippen molar-refractivity contribution in [1.82, 2.24) is 15.8 Å². The highest BCUT2D eigenvalue weighted by molar-refractivity contribution is 8.04. The lowest BCUT2D eigenvalue weighted by molar-refractivity contribution is -0.107. The molecule has 2 N–H and O–H groups in total. The van der Waals surface area contributed by atoms with Crippen molar-refractivity contribution in [1.29, 1.82) is 0 Å². The molecule has 0 saturated carbocycles. The number of thioether (sulfide) groups is 1. The number of allylic oxidation sites excluding steroid dienone is 2. The van der Waals surface area contributed by atoms with Gasteiger partial charge in [0.2, 0.25) is 17.3 Å². The summed E-state index contributed by atoms with van der Waals surface area (Å²) < 4.78 is 4.80. The first kappa shape index (κ1) is 23.7. The lowest BCUT2D eigenvalue weighted by Gasteiger charge is -2.10. The van der Waals surface area contributed by atoms with Gasteiger partial charge in [0.15, 0.2) is 5.69 Å². The molecule has 8 nitrogen and oxygen atoms in total. The van der Waals surface area contributed by atoms with E-state index in [1.54, 1.807) is 0 Å². The molecule has 0 radical (unpaired) electrons. The molecule has 1 heterocycles. The van der Waals surface area contributed by atoms with Gasteiger partial charge in [0.05, 0.1) is 4.91 Å². The smallest absolute Gasteiger partial charge is 0.274 e. The Morgan fingerprint density at radius 2 is 1.88 bits per heavy atom. The maximum absolute atomic E-state index is 12.3. The van der Waals surface area contributed by atoms with E-state index in [0.29, 0.717) is 18.6 Å². The van der Waals surface area contributed by atoms with Crippen molar-refractivity contribution < 1.29 is 23.7 Å². The number of amides is 1. The molecule has 2 rings (SSSR count). The molecule has 1 aliphatic rings. The average molecular weight is 383 g/mol. The van der Waals surface area contributed by atoms with Gasteiger partial charge in [-0.3, -0.25) is 14.4 Å². The van der Waals surface area contributed by atoms with Crippen LogP contribution in [-0.4, -0.2) is 55.8 Å². The van der Waals surface area contributed by atoms with Gasteiger partial charge < -0.3 is 20.0 Å². The van der Waals surface area contributed by atoms with Crippen molar-refractivity contribution >= 4 is 35.5 Å². The second-order valence-electron chi connectivity index (χ2n) is 4.67. The number of hydrogen-bond acceptors (Lipinski definition) is 8. The Kier molecular flexibility index (Phi) is 11.9. The fourth-order valence-corrected chi connectivity index (χ4v) is 2.73. The maximum Gasteiger partial charge on any atom is 0.274 e. The number of carbonyl (C=O) groups is 4. The highest BCUT2D eigenvalue weighted by Crippen LogP contribution is 2.30. The molecule has 0 fully saturated rings. The Balaban J connectivity index is 0.00000113. The summed E-state index contributed by atoms with van der Waals surface area (Å²) in [7, 11) is 5.14. The number of aromatic nitrogens is 1. The summed E-state index contributed by atoms with van der Waals surface area (Å²) in [5, 5.41) is 8.58. The quantitative estimate of drug-likeness (QED) is 0.564. The SMILES string of the molecule is CC.CNC.CNC(=O)c1noc2c1C(=O)C(SCCCC=O)=CC2=O. The standard InChI is InChI=1S/C13H12N2O5S.C2H7N.C2H6/c1-14-13(19)10-9-11(18)8(21-5-3-2-4-16)6-7(17)12(9)20-15-10;1-3-2;1-2/h4,6H,2-3,5H2,1H3,(H,14,19);3H,1-2H3;1-2H3. The number of aldehydes is 1. The largest absolute Gasteiger partial charge is 0.354 e. The Morgan fingerprint density at radius 3 is 2.42 bits per heavy atom. The van der Waals surface area contributed by atoms with E-state index in [4.69, 9.17) is 4.52 Å². The van der Waals surface area contributed by atoms with Crippen molar-refractivity contribution in [2.24, 2.45) is 0 Å². The van der Waals surface area contributed by atoms with Crippen molar-refractivity contribution in [3.8, 4) is 0 Å². The molecule has 26 heavy (non-hydrogen) atoms. The second-order valence-corrected chi connectivity index (χ2v) is 5.81. The zero-order valence-electron chi connectivity index (χ0n) is 15.7. The molecule has 0 saturated heterocycles. The zero-order chi connectivity index (χ0) is 20.1. The van der Waals surface area contributed by atoms with Crippen molar-refractivity contribution in [3.05, 3.63) is 28.0 Å². The number of fused-ring (bicyclic) bond motifs is 1. The molecular formula is C17H25N3O5S. The summed E-state index contributed by atoms with van der Waals surface area (Å²) in [6.07, 6.45) is 2.97. The number of nitrogens with one attached hydrogen (secondary N) is 2. The Hall–Kier alpha value is -2.26. The van der Waals surface area contributed by atoms with Crippen molar-refractivity contribution in [2.75, 3.05) is 26.9 Å². The van der Waals surface area contributed by atoms with Crippen LogP contribution in [0.1, 0.15) is 58.1 Å². The van der Waals surface area contributed by atoms with E-state index in [9.17, 15) is 19.2 Å². The number of Topliss-reactive ketones (excluding diaryl/α,β-unsaturated/α-hetero) is 1. The van der Waals surface area contributed by atoms with Gasteiger partial charge >= 0.3 is 0 Å². The molecule has 1 aliphatic carbocycles. The molecule has 9 heteroatoms. The number of unbranched alkanes of at least 4 members (excludes halogenated alkanes) is 1. The molecule has 0 spiro atoms. The second kappa shape index (κ2) is 13.0. The summed E-state index contributed by atoms with van der Waals surface area (Å²) in [6, 6.07) is 0. The van der Waals surface area contributed by atoms with Gasteiger partial charge in [-0.1, -0.05) is 19.0 Å². The van der Waals surface area contributed by atoms with Crippen LogP contribution in [0.3, 0.4) is 0 Å². The minimum absolute atomic E-state index is 0.0975. The Morgan fingerprint density at radius 1 is 1.27 bits per heavy atom. The van der Waals surface area contributed by atoms with E-state index in [1.807, 2.05) is 27.9 Å². The number of rotatable bonds is 6. The third-order valence-electron chi connectivity index (χ3n) is 2.79. The van der Waals surface area contributed by atoms with Gasteiger partial charge in [0, 0.05) is 19.5 Å². The summed E-state index contributed by atoms with van der Waals surface area (Å²) in [5.41, 5.74) is -0.287. The lowest BCUT2D eigenvalue weighted by atomic mass is 10.00. The van der Waals surface area contributed by atoms with Crippen LogP contribution in [0, 0.1) is 0 Å². The topological polar surface area (TPSA) is 118 Å². The van der Waals surface area contributed by atoms with E-state index >= 15 is 0 Å². The molecule has 0 unspecified atom stereocenters. The van der Waals surface area contributed by atoms with E-state index < -0.39 is 17.5 Å². The van der Waals surface area contributed by atoms with Crippen LogP contribution < -0.4 is 10.6 Å². The monoisotopic (exact) mass is 383 g/mol. The van der Waals surface area contributed by atoms with Crippen LogP contribution in [-0.2, 0) is 4.79 Å². The summed E-state index contributed by atoms with van der Waals surface area (Å²) in [4.78, 5) is 46.3. The molecule has 1 amide bonds. The summed E-state index contributed by atoms with van der Waals surface area (Å²) >= 11 is 1.17. The Labute approximate surface area is 157 Å². The fourth-order valence-electron chi connectivity index (χ4n) is 1.77. The predicted octanol–water partition coefficient (Wildman–Crippen LogP) is 1.87. The molecule has 1 aromatic rings. The first-order valence-corrected chi connectivity index (χ1v) is 9.17. The van der Waals surface area contributed by atoms with Crippen LogP contribution in [0.2, 0.25) is 0 Å². The van der Waals surface area contributed by atoms with Crippen molar-refractivity contribution in [3.63, 3.8) is 0 Å². The van der Waals surface area contributed by atoms with Gasteiger partial charge in [-0.25, -0.2) is 0 Å². The normalized spacial score (nSPS) is 12.0. The lowest BCUT2D eigenvalue weighted by Crippen LogP contribution is -2.23. The van der Waals surface area contributed by atoms with Gasteiger partial charge in [-0.2, -0.15) is 0 Å². The van der Waals surface area contributed by atoms with E-state index in [2.05, 4.69) is 15.8 Å². The molecule has 0 atom stereocenters. The first-order chi connectivity index (χ1) is 12.5. The fraction of sp³-hybridized carbons (Fsp3) is 0.471. The minimum atomic E-state index is -0.589. The van der Waals surface area contributed by atoms with Crippen LogP contribution in [0.25, 0.3) is 0 Å². The van der Waals surface area contributed by atoms with Crippen LogP contribution in [0.5, 0.6) is 0 Å². The van der Waals surface area contributed by atoms with Crippen LogP contribution in [0.15, 0.2) is 15.5 Å². The number of nitrogens with zero attached hydrogens (tertiary/aromatic N) is 1. The van der Waals surface area contributed by atoms with Crippen LogP contribution >= 0.6 is 11.8 Å². The molecule has 144 valence electrons. The number of carbonyl (C=O) groups excluding carboxylic acids is 4. The third kappa shape index (κ3) is 6.23. The van der Waals surface area contributed by atoms with E-state index in [1.165, 1.54) is 24.9 Å². The first-order valence-electron chi connectivity index (χ1n) is 8.19. The van der Waals surface area contributed by atoms with Gasteiger partial charge in [-0.15, -0.1) is 11.8 Å². The highest BCUT2D eigenvalue weighted by Gasteiger charge is 2.35. The minimum Gasteiger partial charge on any atom is -0.354 e. The third-order valence-corrected chi connectivity index (χ3v) is 3.90. The van der Waals surface area contributed by atoms with Gasteiger partial charge in [-0.05, 0) is 26.3 Å². The number of hydrogen-bond donors (Lipinski definition) is 2. The van der Waals surface area contributed by atoms with Crippen LogP contribution in [0.4, 0.5) is 0 Å². The number of ketones is 2. The van der Waals surface area contributed by atoms with Crippen molar-refractivity contribution in [2.45, 2.75) is 26.7 Å². The molecular weight excluding hydrogens is 358 g/mol. The Bertz CT molecular complexity index is 667. The molecule has 1 aromatic heterocycles. The predicted molar refractivity (Wildman–Crippen MR) is 101 cm³/mol. The summed E-state index contributed by atoms with van der Waals surface area (Å²) in [5.74, 6) is -1.23. The highest BCUT2D eigenvalue weighted by atomic mass is 32.2. The zero-order valence-corrected chi connectivity index (χ0v) is 16.5. The molecule has 0 bridgehead atoms. The molecule has 0 aliphatic heterocycles. The van der Waals surface area contributed by atoms with Gasteiger partial charge in [0.25, 0.3) is 5.91 Å². The average Bonchev–Trinajstić information content (AvgIpc) is 3.10. The summed E-state index contributed by atoms with van der Waals surface area (Å²) in [6.45, 7) is 4.00. The van der Waals surface area contributed by atoms with Gasteiger partial charge in [0.1, 0.15) is 11.8 Å². The van der Waals surface area contributed by atoms with E-state index in [-0.39, 0.29) is 21.9 Å². The molecule has 0 aromatic carbocycles.